The number of halogens is 1. The number of rotatable bonds is 5. The van der Waals surface area contributed by atoms with Crippen LogP contribution in [0, 0.1) is 10.1 Å². The second kappa shape index (κ2) is 5.75. The Labute approximate surface area is 118 Å². The first kappa shape index (κ1) is 14.1. The molecule has 0 amide bonds. The average molecular weight is 332 g/mol. The van der Waals surface area contributed by atoms with Crippen LogP contribution >= 0.6 is 15.9 Å². The molecule has 104 valence electrons. The SMILES string of the molecule is COc1cc([N+](=O)[O-])ccc1OC1CC(Br)C1OC. The first-order valence-electron chi connectivity index (χ1n) is 5.72. The lowest BCUT2D eigenvalue weighted by atomic mass is 9.91. The molecule has 2 rings (SSSR count). The largest absolute Gasteiger partial charge is 0.493 e. The van der Waals surface area contributed by atoms with Gasteiger partial charge in [-0.15, -0.1) is 0 Å². The van der Waals surface area contributed by atoms with Crippen LogP contribution in [0.1, 0.15) is 6.42 Å². The minimum absolute atomic E-state index is 0.0279. The number of alkyl halides is 1. The van der Waals surface area contributed by atoms with Crippen molar-refractivity contribution in [1.82, 2.24) is 0 Å². The minimum atomic E-state index is -0.470. The van der Waals surface area contributed by atoms with Crippen molar-refractivity contribution in [2.75, 3.05) is 14.2 Å². The molecule has 7 heteroatoms. The van der Waals surface area contributed by atoms with Crippen molar-refractivity contribution in [3.63, 3.8) is 0 Å². The maximum absolute atomic E-state index is 10.7. The van der Waals surface area contributed by atoms with Crippen molar-refractivity contribution in [3.8, 4) is 11.5 Å². The summed E-state index contributed by atoms with van der Waals surface area (Å²) in [6, 6.07) is 4.29. The quantitative estimate of drug-likeness (QED) is 0.471. The topological polar surface area (TPSA) is 70.8 Å². The highest BCUT2D eigenvalue weighted by molar-refractivity contribution is 9.09. The van der Waals surface area contributed by atoms with Crippen molar-refractivity contribution < 1.29 is 19.1 Å². The number of nitro benzene ring substituents is 1. The fraction of sp³-hybridized carbons (Fsp3) is 0.500. The van der Waals surface area contributed by atoms with E-state index in [2.05, 4.69) is 15.9 Å². The van der Waals surface area contributed by atoms with Gasteiger partial charge in [0.05, 0.1) is 18.1 Å². The van der Waals surface area contributed by atoms with Gasteiger partial charge in [-0.1, -0.05) is 15.9 Å². The lowest BCUT2D eigenvalue weighted by molar-refractivity contribution is -0.385. The number of non-ortho nitro benzene ring substituents is 1. The van der Waals surface area contributed by atoms with E-state index in [1.165, 1.54) is 19.2 Å². The van der Waals surface area contributed by atoms with Gasteiger partial charge in [0.2, 0.25) is 0 Å². The molecule has 1 aliphatic rings. The lowest BCUT2D eigenvalue weighted by Gasteiger charge is -2.40. The van der Waals surface area contributed by atoms with Crippen LogP contribution in [0.3, 0.4) is 0 Å². The van der Waals surface area contributed by atoms with E-state index < -0.39 is 4.92 Å². The van der Waals surface area contributed by atoms with Gasteiger partial charge < -0.3 is 14.2 Å². The van der Waals surface area contributed by atoms with E-state index in [4.69, 9.17) is 14.2 Å². The Kier molecular flexibility index (Phi) is 4.26. The van der Waals surface area contributed by atoms with Crippen molar-refractivity contribution in [1.29, 1.82) is 0 Å². The number of ether oxygens (including phenoxy) is 3. The van der Waals surface area contributed by atoms with Gasteiger partial charge in [-0.3, -0.25) is 10.1 Å². The first-order chi connectivity index (χ1) is 9.06. The first-order valence-corrected chi connectivity index (χ1v) is 6.64. The maximum Gasteiger partial charge on any atom is 0.273 e. The van der Waals surface area contributed by atoms with Gasteiger partial charge in [-0.25, -0.2) is 0 Å². The molecule has 0 bridgehead atoms. The van der Waals surface area contributed by atoms with Crippen molar-refractivity contribution in [3.05, 3.63) is 28.3 Å². The van der Waals surface area contributed by atoms with E-state index in [0.29, 0.717) is 11.5 Å². The predicted molar refractivity (Wildman–Crippen MR) is 72.2 cm³/mol. The van der Waals surface area contributed by atoms with E-state index in [1.54, 1.807) is 13.2 Å². The van der Waals surface area contributed by atoms with Crippen molar-refractivity contribution >= 4 is 21.6 Å². The summed E-state index contributed by atoms with van der Waals surface area (Å²) < 4.78 is 16.2. The van der Waals surface area contributed by atoms with Crippen LogP contribution in [0.4, 0.5) is 5.69 Å². The van der Waals surface area contributed by atoms with Gasteiger partial charge in [0.25, 0.3) is 5.69 Å². The molecule has 1 aliphatic carbocycles. The third-order valence-corrected chi connectivity index (χ3v) is 3.98. The minimum Gasteiger partial charge on any atom is -0.493 e. The summed E-state index contributed by atoms with van der Waals surface area (Å²) in [5.74, 6) is 0.835. The molecule has 0 aromatic heterocycles. The molecular weight excluding hydrogens is 318 g/mol. The maximum atomic E-state index is 10.7. The summed E-state index contributed by atoms with van der Waals surface area (Å²) in [4.78, 5) is 10.5. The van der Waals surface area contributed by atoms with Gasteiger partial charge in [0, 0.05) is 24.4 Å². The third kappa shape index (κ3) is 2.82. The van der Waals surface area contributed by atoms with Crippen LogP contribution in [0.15, 0.2) is 18.2 Å². The molecule has 6 nitrogen and oxygen atoms in total. The molecule has 1 aromatic carbocycles. The molecule has 0 radical (unpaired) electrons. The Bertz CT molecular complexity index is 481. The number of benzene rings is 1. The van der Waals surface area contributed by atoms with E-state index in [-0.39, 0.29) is 22.7 Å². The molecule has 0 heterocycles. The average Bonchev–Trinajstić information content (AvgIpc) is 2.38. The van der Waals surface area contributed by atoms with Crippen LogP contribution in [-0.4, -0.2) is 36.2 Å². The monoisotopic (exact) mass is 331 g/mol. The molecule has 1 saturated carbocycles. The lowest BCUT2D eigenvalue weighted by Crippen LogP contribution is -2.51. The van der Waals surface area contributed by atoms with E-state index in [9.17, 15) is 10.1 Å². The highest BCUT2D eigenvalue weighted by Crippen LogP contribution is 2.38. The summed E-state index contributed by atoms with van der Waals surface area (Å²) in [5.41, 5.74) is -0.0283. The number of hydrogen-bond donors (Lipinski definition) is 0. The summed E-state index contributed by atoms with van der Waals surface area (Å²) in [6.45, 7) is 0. The molecule has 0 spiro atoms. The molecule has 19 heavy (non-hydrogen) atoms. The highest BCUT2D eigenvalue weighted by Gasteiger charge is 2.42. The van der Waals surface area contributed by atoms with Gasteiger partial charge in [-0.2, -0.15) is 0 Å². The summed E-state index contributed by atoms with van der Waals surface area (Å²) >= 11 is 3.48. The predicted octanol–water partition coefficient (Wildman–Crippen LogP) is 2.53. The van der Waals surface area contributed by atoms with Crippen molar-refractivity contribution in [2.24, 2.45) is 0 Å². The van der Waals surface area contributed by atoms with Gasteiger partial charge in [0.1, 0.15) is 12.2 Å². The Balaban J connectivity index is 2.14. The third-order valence-electron chi connectivity index (χ3n) is 3.09. The Morgan fingerprint density at radius 2 is 2.11 bits per heavy atom. The highest BCUT2D eigenvalue weighted by atomic mass is 79.9. The van der Waals surface area contributed by atoms with E-state index in [1.807, 2.05) is 0 Å². The molecular formula is C12H14BrNO5. The van der Waals surface area contributed by atoms with Gasteiger partial charge in [-0.05, 0) is 6.07 Å². The zero-order valence-corrected chi connectivity index (χ0v) is 12.1. The zero-order valence-electron chi connectivity index (χ0n) is 10.5. The number of nitrogens with zero attached hydrogens (tertiary/aromatic N) is 1. The fourth-order valence-corrected chi connectivity index (χ4v) is 2.90. The standard InChI is InChI=1S/C12H14BrNO5/c1-17-10-5-7(14(15)16)3-4-9(10)19-11-6-8(13)12(11)18-2/h3-5,8,11-12H,6H2,1-2H3. The Hall–Kier alpha value is -1.34. The van der Waals surface area contributed by atoms with Crippen LogP contribution in [0.2, 0.25) is 0 Å². The van der Waals surface area contributed by atoms with Gasteiger partial charge in [0.15, 0.2) is 11.5 Å². The second-order valence-corrected chi connectivity index (χ2v) is 5.38. The van der Waals surface area contributed by atoms with Crippen LogP contribution < -0.4 is 9.47 Å². The molecule has 0 N–H and O–H groups in total. The molecule has 3 atom stereocenters. The van der Waals surface area contributed by atoms with Crippen LogP contribution in [0.25, 0.3) is 0 Å². The fourth-order valence-electron chi connectivity index (χ4n) is 1.97. The Morgan fingerprint density at radius 1 is 1.37 bits per heavy atom. The summed E-state index contributed by atoms with van der Waals surface area (Å²) in [7, 11) is 3.08. The molecule has 1 fully saturated rings. The smallest absolute Gasteiger partial charge is 0.273 e. The Morgan fingerprint density at radius 3 is 2.63 bits per heavy atom. The zero-order chi connectivity index (χ0) is 14.0. The van der Waals surface area contributed by atoms with E-state index >= 15 is 0 Å². The molecule has 0 saturated heterocycles. The number of methoxy groups -OCH3 is 2. The van der Waals surface area contributed by atoms with Crippen molar-refractivity contribution in [2.45, 2.75) is 23.5 Å². The number of nitro groups is 1. The molecule has 0 aliphatic heterocycles. The van der Waals surface area contributed by atoms with E-state index in [0.717, 1.165) is 6.42 Å². The number of hydrogen-bond acceptors (Lipinski definition) is 5. The molecule has 1 aromatic rings. The second-order valence-electron chi connectivity index (χ2n) is 4.20. The van der Waals surface area contributed by atoms with Crippen LogP contribution in [-0.2, 0) is 4.74 Å². The van der Waals surface area contributed by atoms with Crippen LogP contribution in [0.5, 0.6) is 11.5 Å². The summed E-state index contributed by atoms with van der Waals surface area (Å²) in [6.07, 6.45) is 0.711. The summed E-state index contributed by atoms with van der Waals surface area (Å²) in [5, 5.41) is 10.7. The molecule has 3 unspecified atom stereocenters. The normalized spacial score (nSPS) is 25.5. The van der Waals surface area contributed by atoms with Gasteiger partial charge >= 0.3 is 0 Å².